The molecule has 0 radical (unpaired) electrons. The number of carbonyl (C=O) groups excluding carboxylic acids is 1. The number of rotatable bonds is 6. The van der Waals surface area contributed by atoms with Gasteiger partial charge in [0.1, 0.15) is 0 Å². The number of ether oxygens (including phenoxy) is 1. The third kappa shape index (κ3) is 6.17. The molecule has 0 atom stereocenters. The van der Waals surface area contributed by atoms with Crippen molar-refractivity contribution in [3.63, 3.8) is 0 Å². The first kappa shape index (κ1) is 24.4. The molecule has 7 heteroatoms. The van der Waals surface area contributed by atoms with E-state index in [4.69, 9.17) is 10.5 Å². The Morgan fingerprint density at radius 1 is 1.14 bits per heavy atom. The second-order valence-corrected chi connectivity index (χ2v) is 6.70. The van der Waals surface area contributed by atoms with Gasteiger partial charge in [0.2, 0.25) is 0 Å². The number of carbonyl (C=O) groups is 1. The maximum absolute atomic E-state index is 12.9. The van der Waals surface area contributed by atoms with Gasteiger partial charge in [-0.15, -0.1) is 24.8 Å². The second-order valence-electron chi connectivity index (χ2n) is 6.70. The van der Waals surface area contributed by atoms with Crippen LogP contribution in [0.2, 0.25) is 0 Å². The van der Waals surface area contributed by atoms with Crippen LogP contribution in [-0.4, -0.2) is 48.1 Å². The second kappa shape index (κ2) is 12.0. The Labute approximate surface area is 179 Å². The Morgan fingerprint density at radius 2 is 1.82 bits per heavy atom. The van der Waals surface area contributed by atoms with Gasteiger partial charge >= 0.3 is 0 Å². The molecule has 2 heterocycles. The first-order valence-corrected chi connectivity index (χ1v) is 9.33. The van der Waals surface area contributed by atoms with Crippen molar-refractivity contribution < 1.29 is 9.53 Å². The summed E-state index contributed by atoms with van der Waals surface area (Å²) in [7, 11) is 0. The highest BCUT2D eigenvalue weighted by Gasteiger charge is 2.25. The number of amides is 1. The van der Waals surface area contributed by atoms with E-state index in [0.29, 0.717) is 18.7 Å². The monoisotopic (exact) mass is 425 g/mol. The van der Waals surface area contributed by atoms with E-state index in [9.17, 15) is 4.79 Å². The minimum Gasteiger partial charge on any atom is -0.378 e. The number of hydrogen-bond acceptors (Lipinski definition) is 4. The zero-order valence-corrected chi connectivity index (χ0v) is 17.8. The van der Waals surface area contributed by atoms with E-state index >= 15 is 0 Å². The highest BCUT2D eigenvalue weighted by Crippen LogP contribution is 2.21. The summed E-state index contributed by atoms with van der Waals surface area (Å²) in [6.07, 6.45) is 2.89. The molecule has 3 rings (SSSR count). The summed E-state index contributed by atoms with van der Waals surface area (Å²) < 4.78 is 5.82. The summed E-state index contributed by atoms with van der Waals surface area (Å²) in [5.41, 5.74) is 8.91. The Balaban J connectivity index is 0.00000196. The molecule has 1 aliphatic rings. The molecule has 1 fully saturated rings. The van der Waals surface area contributed by atoms with Crippen molar-refractivity contribution in [2.45, 2.75) is 32.3 Å². The van der Waals surface area contributed by atoms with Gasteiger partial charge in [-0.25, -0.2) is 0 Å². The molecule has 0 bridgehead atoms. The zero-order chi connectivity index (χ0) is 18.4. The van der Waals surface area contributed by atoms with Crippen molar-refractivity contribution in [2.75, 3.05) is 26.2 Å². The fourth-order valence-corrected chi connectivity index (χ4v) is 3.29. The van der Waals surface area contributed by atoms with Crippen molar-refractivity contribution in [3.8, 4) is 11.3 Å². The topological polar surface area (TPSA) is 68.5 Å². The standard InChI is InChI=1S/C21H27N3O2.2ClH/c1-16-19(8-9-20(23-16)17-6-3-2-4-7-17)21(25)24-13-10-18(11-14-24)26-15-5-12-22;;/h2-4,6-9,18H,5,10-15,22H2,1H3;2*1H. The third-order valence-corrected chi connectivity index (χ3v) is 4.82. The maximum Gasteiger partial charge on any atom is 0.255 e. The average Bonchev–Trinajstić information content (AvgIpc) is 2.69. The number of benzene rings is 1. The zero-order valence-electron chi connectivity index (χ0n) is 16.2. The van der Waals surface area contributed by atoms with Gasteiger partial charge in [0.15, 0.2) is 0 Å². The van der Waals surface area contributed by atoms with Crippen LogP contribution < -0.4 is 5.73 Å². The minimum atomic E-state index is 0. The number of halogens is 2. The van der Waals surface area contributed by atoms with Crippen LogP contribution in [0.4, 0.5) is 0 Å². The van der Waals surface area contributed by atoms with Crippen molar-refractivity contribution in [2.24, 2.45) is 5.73 Å². The molecule has 5 nitrogen and oxygen atoms in total. The lowest BCUT2D eigenvalue weighted by molar-refractivity contribution is 0.00842. The van der Waals surface area contributed by atoms with E-state index < -0.39 is 0 Å². The van der Waals surface area contributed by atoms with Gasteiger partial charge < -0.3 is 15.4 Å². The predicted octanol–water partition coefficient (Wildman–Crippen LogP) is 3.87. The van der Waals surface area contributed by atoms with Gasteiger partial charge in [-0.2, -0.15) is 0 Å². The van der Waals surface area contributed by atoms with Gasteiger partial charge in [-0.1, -0.05) is 30.3 Å². The van der Waals surface area contributed by atoms with Crippen molar-refractivity contribution >= 4 is 30.7 Å². The quantitative estimate of drug-likeness (QED) is 0.712. The van der Waals surface area contributed by atoms with Crippen molar-refractivity contribution in [3.05, 3.63) is 53.7 Å². The number of nitrogens with zero attached hydrogens (tertiary/aromatic N) is 2. The summed E-state index contributed by atoms with van der Waals surface area (Å²) in [4.78, 5) is 19.4. The first-order valence-electron chi connectivity index (χ1n) is 9.33. The summed E-state index contributed by atoms with van der Waals surface area (Å²) in [6.45, 7) is 4.72. The van der Waals surface area contributed by atoms with Gasteiger partial charge in [0, 0.05) is 25.3 Å². The van der Waals surface area contributed by atoms with Gasteiger partial charge in [-0.3, -0.25) is 9.78 Å². The summed E-state index contributed by atoms with van der Waals surface area (Å²) >= 11 is 0. The van der Waals surface area contributed by atoms with Crippen LogP contribution in [0.25, 0.3) is 11.3 Å². The molecule has 0 saturated carbocycles. The molecule has 1 saturated heterocycles. The molecule has 2 aromatic rings. The molecule has 1 aromatic carbocycles. The van der Waals surface area contributed by atoms with Crippen LogP contribution >= 0.6 is 24.8 Å². The Hall–Kier alpha value is -1.66. The molecular formula is C21H29Cl2N3O2. The number of aryl methyl sites for hydroxylation is 1. The lowest BCUT2D eigenvalue weighted by atomic mass is 10.0. The molecule has 28 heavy (non-hydrogen) atoms. The van der Waals surface area contributed by atoms with Crippen LogP contribution in [0, 0.1) is 6.92 Å². The lowest BCUT2D eigenvalue weighted by Crippen LogP contribution is -2.41. The number of nitrogens with two attached hydrogens (primary N) is 1. The summed E-state index contributed by atoms with van der Waals surface area (Å²) in [5, 5.41) is 0. The number of likely N-dealkylation sites (tertiary alicyclic amines) is 1. The van der Waals surface area contributed by atoms with E-state index in [0.717, 1.165) is 49.3 Å². The van der Waals surface area contributed by atoms with E-state index in [1.807, 2.05) is 54.3 Å². The number of hydrogen-bond donors (Lipinski definition) is 1. The molecule has 0 aliphatic carbocycles. The van der Waals surface area contributed by atoms with E-state index in [1.54, 1.807) is 0 Å². The van der Waals surface area contributed by atoms with Gasteiger partial charge in [0.05, 0.1) is 23.1 Å². The molecule has 0 spiro atoms. The van der Waals surface area contributed by atoms with Gasteiger partial charge in [0.25, 0.3) is 5.91 Å². The Bertz CT molecular complexity index is 736. The predicted molar refractivity (Wildman–Crippen MR) is 117 cm³/mol. The Kier molecular flexibility index (Phi) is 10.5. The van der Waals surface area contributed by atoms with E-state index in [-0.39, 0.29) is 36.8 Å². The maximum atomic E-state index is 12.9. The molecule has 1 aromatic heterocycles. The largest absolute Gasteiger partial charge is 0.378 e. The van der Waals surface area contributed by atoms with Crippen LogP contribution in [0.1, 0.15) is 35.3 Å². The van der Waals surface area contributed by atoms with Crippen LogP contribution in [-0.2, 0) is 4.74 Å². The summed E-state index contributed by atoms with van der Waals surface area (Å²) in [6, 6.07) is 13.8. The molecule has 154 valence electrons. The highest BCUT2D eigenvalue weighted by atomic mass is 35.5. The fourth-order valence-electron chi connectivity index (χ4n) is 3.29. The number of piperidine rings is 1. The third-order valence-electron chi connectivity index (χ3n) is 4.82. The van der Waals surface area contributed by atoms with E-state index in [2.05, 4.69) is 4.98 Å². The van der Waals surface area contributed by atoms with Crippen LogP contribution in [0.15, 0.2) is 42.5 Å². The minimum absolute atomic E-state index is 0. The number of aromatic nitrogens is 1. The molecule has 2 N–H and O–H groups in total. The smallest absolute Gasteiger partial charge is 0.255 e. The number of pyridine rings is 1. The fraction of sp³-hybridized carbons (Fsp3) is 0.429. The van der Waals surface area contributed by atoms with Crippen molar-refractivity contribution in [1.82, 2.24) is 9.88 Å². The lowest BCUT2D eigenvalue weighted by Gasteiger charge is -2.32. The van der Waals surface area contributed by atoms with Crippen LogP contribution in [0.3, 0.4) is 0 Å². The average molecular weight is 426 g/mol. The molecule has 1 aliphatic heterocycles. The Morgan fingerprint density at radius 3 is 2.43 bits per heavy atom. The molecule has 0 unspecified atom stereocenters. The van der Waals surface area contributed by atoms with Crippen LogP contribution in [0.5, 0.6) is 0 Å². The van der Waals surface area contributed by atoms with Crippen molar-refractivity contribution in [1.29, 1.82) is 0 Å². The van der Waals surface area contributed by atoms with Gasteiger partial charge in [-0.05, 0) is 44.9 Å². The SMILES string of the molecule is Cc1nc(-c2ccccc2)ccc1C(=O)N1CCC(OCCCN)CC1.Cl.Cl. The normalized spacial score (nSPS) is 14.1. The molecular weight excluding hydrogens is 397 g/mol. The first-order chi connectivity index (χ1) is 12.7. The summed E-state index contributed by atoms with van der Waals surface area (Å²) in [5.74, 6) is 0.0648. The molecule has 1 amide bonds. The highest BCUT2D eigenvalue weighted by molar-refractivity contribution is 5.95. The van der Waals surface area contributed by atoms with E-state index in [1.165, 1.54) is 0 Å².